The van der Waals surface area contributed by atoms with Gasteiger partial charge in [0.1, 0.15) is 0 Å². The smallest absolute Gasteiger partial charge is 0.239 e. The highest BCUT2D eigenvalue weighted by molar-refractivity contribution is 5.82. The van der Waals surface area contributed by atoms with Crippen molar-refractivity contribution < 1.29 is 4.79 Å². The summed E-state index contributed by atoms with van der Waals surface area (Å²) in [6.45, 7) is 7.75. The Kier molecular flexibility index (Phi) is 7.25. The molecule has 2 saturated heterocycles. The maximum absolute atomic E-state index is 13.2. The zero-order valence-corrected chi connectivity index (χ0v) is 18.2. The zero-order chi connectivity index (χ0) is 20.1. The second kappa shape index (κ2) is 10.1. The Labute approximate surface area is 177 Å². The fraction of sp³-hybridized carbons (Fsp3) is 0.720. The number of hydrogen-bond acceptors (Lipinski definition) is 3. The first-order valence-electron chi connectivity index (χ1n) is 12.0. The lowest BCUT2D eigenvalue weighted by Crippen LogP contribution is -2.50. The highest BCUT2D eigenvalue weighted by atomic mass is 16.2. The molecular formula is C25H39N3O. The summed E-state index contributed by atoms with van der Waals surface area (Å²) in [6.07, 6.45) is 10.8. The van der Waals surface area contributed by atoms with E-state index in [0.29, 0.717) is 17.9 Å². The predicted molar refractivity (Wildman–Crippen MR) is 119 cm³/mol. The van der Waals surface area contributed by atoms with Crippen LogP contribution < -0.4 is 5.32 Å². The van der Waals surface area contributed by atoms with E-state index in [0.717, 1.165) is 38.9 Å². The van der Waals surface area contributed by atoms with Gasteiger partial charge < -0.3 is 15.1 Å². The molecule has 2 heterocycles. The van der Waals surface area contributed by atoms with Crippen LogP contribution in [0.3, 0.4) is 0 Å². The van der Waals surface area contributed by atoms with Gasteiger partial charge in [-0.15, -0.1) is 0 Å². The Morgan fingerprint density at radius 1 is 1.07 bits per heavy atom. The van der Waals surface area contributed by atoms with E-state index in [2.05, 4.69) is 46.3 Å². The van der Waals surface area contributed by atoms with Gasteiger partial charge in [0.15, 0.2) is 0 Å². The van der Waals surface area contributed by atoms with E-state index in [1.54, 1.807) is 0 Å². The normalized spacial score (nSPS) is 24.2. The van der Waals surface area contributed by atoms with E-state index in [9.17, 15) is 4.79 Å². The molecule has 3 aliphatic rings. The van der Waals surface area contributed by atoms with Gasteiger partial charge in [0.05, 0.1) is 6.04 Å². The summed E-state index contributed by atoms with van der Waals surface area (Å²) in [6, 6.07) is 9.36. The third-order valence-electron chi connectivity index (χ3n) is 7.53. The second-order valence-electron chi connectivity index (χ2n) is 9.54. The van der Waals surface area contributed by atoms with E-state index in [1.807, 2.05) is 0 Å². The SMILES string of the molecule is Cc1ccccc1CCN1CCC(CN(C(=O)[C@@H]2CCCN2)C2CCCC2)CC1. The van der Waals surface area contributed by atoms with Crippen LogP contribution in [0.5, 0.6) is 0 Å². The average molecular weight is 398 g/mol. The quantitative estimate of drug-likeness (QED) is 0.761. The summed E-state index contributed by atoms with van der Waals surface area (Å²) >= 11 is 0. The number of carbonyl (C=O) groups excluding carboxylic acids is 1. The highest BCUT2D eigenvalue weighted by Gasteiger charge is 2.34. The molecule has 0 bridgehead atoms. The van der Waals surface area contributed by atoms with E-state index >= 15 is 0 Å². The minimum atomic E-state index is 0.0878. The molecule has 2 aliphatic heterocycles. The van der Waals surface area contributed by atoms with Crippen molar-refractivity contribution in [3.05, 3.63) is 35.4 Å². The van der Waals surface area contributed by atoms with Crippen molar-refractivity contribution in [1.29, 1.82) is 0 Å². The molecule has 1 N–H and O–H groups in total. The minimum absolute atomic E-state index is 0.0878. The summed E-state index contributed by atoms with van der Waals surface area (Å²) in [4.78, 5) is 18.2. The van der Waals surface area contributed by atoms with Crippen LogP contribution in [0.1, 0.15) is 62.5 Å². The lowest BCUT2D eigenvalue weighted by Gasteiger charge is -2.38. The standard InChI is InChI=1S/C25H39N3O/c1-20-7-2-3-8-22(20)14-18-27-16-12-21(13-17-27)19-28(23-9-4-5-10-23)25(29)24-11-6-15-26-24/h2-3,7-8,21,23-24,26H,4-6,9-19H2,1H3/t24-/m0/s1. The van der Waals surface area contributed by atoms with Crippen LogP contribution in [0.4, 0.5) is 0 Å². The highest BCUT2D eigenvalue weighted by Crippen LogP contribution is 2.28. The Hall–Kier alpha value is -1.39. The molecule has 4 heteroatoms. The molecule has 1 aromatic rings. The molecule has 4 nitrogen and oxygen atoms in total. The fourth-order valence-electron chi connectivity index (χ4n) is 5.57. The Morgan fingerprint density at radius 3 is 2.52 bits per heavy atom. The molecule has 0 aromatic heterocycles. The van der Waals surface area contributed by atoms with Crippen LogP contribution in [0.25, 0.3) is 0 Å². The number of nitrogens with one attached hydrogen (secondary N) is 1. The van der Waals surface area contributed by atoms with E-state index < -0.39 is 0 Å². The van der Waals surface area contributed by atoms with Crippen LogP contribution in [0, 0.1) is 12.8 Å². The molecule has 29 heavy (non-hydrogen) atoms. The van der Waals surface area contributed by atoms with Crippen molar-refractivity contribution in [3.8, 4) is 0 Å². The summed E-state index contributed by atoms with van der Waals surface area (Å²) < 4.78 is 0. The van der Waals surface area contributed by atoms with E-state index in [1.165, 1.54) is 62.7 Å². The van der Waals surface area contributed by atoms with Crippen LogP contribution >= 0.6 is 0 Å². The van der Waals surface area contributed by atoms with Gasteiger partial charge >= 0.3 is 0 Å². The Balaban J connectivity index is 1.27. The van der Waals surface area contributed by atoms with Crippen molar-refractivity contribution in [2.24, 2.45) is 5.92 Å². The molecule has 1 amide bonds. The van der Waals surface area contributed by atoms with Crippen molar-refractivity contribution in [2.75, 3.05) is 32.7 Å². The summed E-state index contributed by atoms with van der Waals surface area (Å²) in [5, 5.41) is 3.44. The molecule has 0 unspecified atom stereocenters. The number of rotatable bonds is 7. The van der Waals surface area contributed by atoms with Crippen LogP contribution in [0.2, 0.25) is 0 Å². The van der Waals surface area contributed by atoms with Gasteiger partial charge in [0.2, 0.25) is 5.91 Å². The number of aryl methyl sites for hydroxylation is 1. The first-order valence-corrected chi connectivity index (χ1v) is 12.0. The first-order chi connectivity index (χ1) is 14.2. The third kappa shape index (κ3) is 5.40. The molecule has 1 aliphatic carbocycles. The maximum Gasteiger partial charge on any atom is 0.239 e. The molecule has 0 spiro atoms. The monoisotopic (exact) mass is 397 g/mol. The van der Waals surface area contributed by atoms with Gasteiger partial charge in [-0.25, -0.2) is 0 Å². The van der Waals surface area contributed by atoms with Crippen LogP contribution in [0.15, 0.2) is 24.3 Å². The van der Waals surface area contributed by atoms with Gasteiger partial charge in [-0.1, -0.05) is 37.1 Å². The molecule has 3 fully saturated rings. The Morgan fingerprint density at radius 2 is 1.83 bits per heavy atom. The molecule has 1 saturated carbocycles. The summed E-state index contributed by atoms with van der Waals surface area (Å²) in [5.74, 6) is 1.08. The van der Waals surface area contributed by atoms with Gasteiger partial charge in [0, 0.05) is 19.1 Å². The lowest BCUT2D eigenvalue weighted by molar-refractivity contribution is -0.136. The topological polar surface area (TPSA) is 35.6 Å². The van der Waals surface area contributed by atoms with Crippen LogP contribution in [-0.2, 0) is 11.2 Å². The number of nitrogens with zero attached hydrogens (tertiary/aromatic N) is 2. The second-order valence-corrected chi connectivity index (χ2v) is 9.54. The first kappa shape index (κ1) is 20.9. The number of carbonyl (C=O) groups is 1. The number of hydrogen-bond donors (Lipinski definition) is 1. The molecule has 0 radical (unpaired) electrons. The van der Waals surface area contributed by atoms with Gasteiger partial charge in [-0.2, -0.15) is 0 Å². The maximum atomic E-state index is 13.2. The molecule has 4 rings (SSSR count). The molecular weight excluding hydrogens is 358 g/mol. The molecule has 160 valence electrons. The average Bonchev–Trinajstić information content (AvgIpc) is 3.46. The Bertz CT molecular complexity index is 656. The summed E-state index contributed by atoms with van der Waals surface area (Å²) in [5.41, 5.74) is 2.89. The van der Waals surface area contributed by atoms with Crippen molar-refractivity contribution in [2.45, 2.75) is 76.8 Å². The van der Waals surface area contributed by atoms with Crippen LogP contribution in [-0.4, -0.2) is 60.5 Å². The number of likely N-dealkylation sites (tertiary alicyclic amines) is 1. The van der Waals surface area contributed by atoms with E-state index in [-0.39, 0.29) is 6.04 Å². The van der Waals surface area contributed by atoms with Gasteiger partial charge in [-0.3, -0.25) is 4.79 Å². The largest absolute Gasteiger partial charge is 0.338 e. The molecule has 1 aromatic carbocycles. The minimum Gasteiger partial charge on any atom is -0.338 e. The van der Waals surface area contributed by atoms with E-state index in [4.69, 9.17) is 0 Å². The van der Waals surface area contributed by atoms with Gasteiger partial charge in [-0.05, 0) is 88.5 Å². The molecule has 1 atom stereocenters. The fourth-order valence-corrected chi connectivity index (χ4v) is 5.57. The van der Waals surface area contributed by atoms with Crippen molar-refractivity contribution >= 4 is 5.91 Å². The zero-order valence-electron chi connectivity index (χ0n) is 18.2. The lowest BCUT2D eigenvalue weighted by atomic mass is 9.94. The number of piperidine rings is 1. The predicted octanol–water partition coefficient (Wildman–Crippen LogP) is 3.77. The van der Waals surface area contributed by atoms with Gasteiger partial charge in [0.25, 0.3) is 0 Å². The summed E-state index contributed by atoms with van der Waals surface area (Å²) in [7, 11) is 0. The van der Waals surface area contributed by atoms with Crippen molar-refractivity contribution in [1.82, 2.24) is 15.1 Å². The number of benzene rings is 1. The van der Waals surface area contributed by atoms with Crippen molar-refractivity contribution in [3.63, 3.8) is 0 Å². The number of amides is 1. The third-order valence-corrected chi connectivity index (χ3v) is 7.53.